The number of carbonyl (C=O) groups excluding carboxylic acids is 2. The van der Waals surface area contributed by atoms with Gasteiger partial charge in [0.05, 0.1) is 5.69 Å². The van der Waals surface area contributed by atoms with E-state index >= 15 is 0 Å². The van der Waals surface area contributed by atoms with Crippen LogP contribution in [0.1, 0.15) is 31.1 Å². The number of phenols is 1. The highest BCUT2D eigenvalue weighted by atomic mass is 16.3. The van der Waals surface area contributed by atoms with Crippen LogP contribution in [-0.2, 0) is 4.79 Å². The van der Waals surface area contributed by atoms with Gasteiger partial charge in [-0.05, 0) is 30.3 Å². The first kappa shape index (κ1) is 16.5. The summed E-state index contributed by atoms with van der Waals surface area (Å²) in [7, 11) is 0. The Balaban J connectivity index is 2.15. The standard InChI is InChI=1S/C18H20N2O3/c1-18(2,3)17(23)19-13-8-6-7-12(11-13)16(22)20-14-9-4-5-10-15(14)21/h4-11,21H,1-3H3,(H,19,23)(H,20,22). The molecule has 0 aromatic heterocycles. The van der Waals surface area contributed by atoms with Crippen molar-refractivity contribution < 1.29 is 14.7 Å². The third-order valence-electron chi connectivity index (χ3n) is 3.22. The maximum atomic E-state index is 12.3. The van der Waals surface area contributed by atoms with Crippen LogP contribution in [0.15, 0.2) is 48.5 Å². The van der Waals surface area contributed by atoms with Gasteiger partial charge in [-0.15, -0.1) is 0 Å². The SMILES string of the molecule is CC(C)(C)C(=O)Nc1cccc(C(=O)Nc2ccccc2O)c1. The minimum atomic E-state index is -0.520. The molecule has 2 amide bonds. The first-order valence-electron chi connectivity index (χ1n) is 7.28. The second-order valence-electron chi connectivity index (χ2n) is 6.26. The molecular weight excluding hydrogens is 292 g/mol. The molecule has 0 saturated heterocycles. The van der Waals surface area contributed by atoms with Crippen LogP contribution in [0.4, 0.5) is 11.4 Å². The van der Waals surface area contributed by atoms with E-state index in [0.29, 0.717) is 16.9 Å². The van der Waals surface area contributed by atoms with Crippen LogP contribution in [0.2, 0.25) is 0 Å². The Bertz CT molecular complexity index is 733. The van der Waals surface area contributed by atoms with Crippen molar-refractivity contribution >= 4 is 23.2 Å². The number of rotatable bonds is 3. The number of carbonyl (C=O) groups is 2. The van der Waals surface area contributed by atoms with Gasteiger partial charge in [-0.1, -0.05) is 39.0 Å². The van der Waals surface area contributed by atoms with E-state index < -0.39 is 5.41 Å². The summed E-state index contributed by atoms with van der Waals surface area (Å²) in [5, 5.41) is 15.1. The fourth-order valence-corrected chi connectivity index (χ4v) is 1.83. The molecule has 2 aromatic carbocycles. The van der Waals surface area contributed by atoms with Crippen molar-refractivity contribution in [2.45, 2.75) is 20.8 Å². The normalized spacial score (nSPS) is 10.9. The fourth-order valence-electron chi connectivity index (χ4n) is 1.83. The maximum absolute atomic E-state index is 12.3. The summed E-state index contributed by atoms with van der Waals surface area (Å²) in [6.45, 7) is 5.45. The van der Waals surface area contributed by atoms with Crippen LogP contribution in [-0.4, -0.2) is 16.9 Å². The number of phenolic OH excluding ortho intramolecular Hbond substituents is 1. The molecular formula is C18H20N2O3. The molecule has 2 aromatic rings. The summed E-state index contributed by atoms with van der Waals surface area (Å²) in [6.07, 6.45) is 0. The molecule has 23 heavy (non-hydrogen) atoms. The minimum Gasteiger partial charge on any atom is -0.506 e. The van der Waals surface area contributed by atoms with E-state index in [0.717, 1.165) is 0 Å². The van der Waals surface area contributed by atoms with E-state index in [2.05, 4.69) is 10.6 Å². The zero-order chi connectivity index (χ0) is 17.0. The Labute approximate surface area is 135 Å². The molecule has 0 unspecified atom stereocenters. The van der Waals surface area contributed by atoms with Crippen LogP contribution in [0.5, 0.6) is 5.75 Å². The largest absolute Gasteiger partial charge is 0.506 e. The molecule has 5 nitrogen and oxygen atoms in total. The fraction of sp³-hybridized carbons (Fsp3) is 0.222. The number of aromatic hydroxyl groups is 1. The van der Waals surface area contributed by atoms with Gasteiger partial charge in [0.1, 0.15) is 5.75 Å². The average molecular weight is 312 g/mol. The molecule has 0 atom stereocenters. The zero-order valence-corrected chi connectivity index (χ0v) is 13.4. The second-order valence-corrected chi connectivity index (χ2v) is 6.26. The van der Waals surface area contributed by atoms with Crippen molar-refractivity contribution in [3.8, 4) is 5.75 Å². The summed E-state index contributed by atoms with van der Waals surface area (Å²) in [4.78, 5) is 24.3. The van der Waals surface area contributed by atoms with E-state index in [4.69, 9.17) is 0 Å². The van der Waals surface area contributed by atoms with Crippen LogP contribution in [0.3, 0.4) is 0 Å². The summed E-state index contributed by atoms with van der Waals surface area (Å²) >= 11 is 0. The number of para-hydroxylation sites is 2. The Morgan fingerprint density at radius 3 is 2.30 bits per heavy atom. The lowest BCUT2D eigenvalue weighted by Gasteiger charge is -2.18. The van der Waals surface area contributed by atoms with E-state index in [1.807, 2.05) is 20.8 Å². The summed E-state index contributed by atoms with van der Waals surface area (Å²) < 4.78 is 0. The molecule has 2 rings (SSSR count). The highest BCUT2D eigenvalue weighted by Gasteiger charge is 2.21. The second kappa shape index (κ2) is 6.52. The molecule has 0 heterocycles. The molecule has 0 fully saturated rings. The number of benzene rings is 2. The van der Waals surface area contributed by atoms with Crippen LogP contribution in [0.25, 0.3) is 0 Å². The van der Waals surface area contributed by atoms with E-state index in [1.165, 1.54) is 6.07 Å². The molecule has 0 aliphatic carbocycles. The van der Waals surface area contributed by atoms with Crippen molar-refractivity contribution in [2.75, 3.05) is 10.6 Å². The predicted molar refractivity (Wildman–Crippen MR) is 90.6 cm³/mol. The number of anilines is 2. The minimum absolute atomic E-state index is 0.00181. The van der Waals surface area contributed by atoms with Crippen molar-refractivity contribution in [3.63, 3.8) is 0 Å². The first-order chi connectivity index (χ1) is 10.8. The molecule has 0 aliphatic rings. The van der Waals surface area contributed by atoms with Gasteiger partial charge in [0, 0.05) is 16.7 Å². The van der Waals surface area contributed by atoms with Crippen LogP contribution >= 0.6 is 0 Å². The molecule has 0 aliphatic heterocycles. The van der Waals surface area contributed by atoms with Gasteiger partial charge in [0.15, 0.2) is 0 Å². The highest BCUT2D eigenvalue weighted by Crippen LogP contribution is 2.23. The summed E-state index contributed by atoms with van der Waals surface area (Å²) in [5.74, 6) is -0.493. The number of nitrogens with one attached hydrogen (secondary N) is 2. The van der Waals surface area contributed by atoms with Crippen molar-refractivity contribution in [1.29, 1.82) is 0 Å². The maximum Gasteiger partial charge on any atom is 0.255 e. The van der Waals surface area contributed by atoms with Gasteiger partial charge in [-0.3, -0.25) is 9.59 Å². The van der Waals surface area contributed by atoms with Crippen LogP contribution in [0, 0.1) is 5.41 Å². The summed E-state index contributed by atoms with van der Waals surface area (Å²) in [6, 6.07) is 13.1. The topological polar surface area (TPSA) is 78.4 Å². The Morgan fingerprint density at radius 2 is 1.65 bits per heavy atom. The lowest BCUT2D eigenvalue weighted by atomic mass is 9.95. The van der Waals surface area contributed by atoms with Gasteiger partial charge in [0.25, 0.3) is 5.91 Å². The van der Waals surface area contributed by atoms with Gasteiger partial charge >= 0.3 is 0 Å². The number of hydrogen-bond acceptors (Lipinski definition) is 3. The lowest BCUT2D eigenvalue weighted by molar-refractivity contribution is -0.123. The Kier molecular flexibility index (Phi) is 4.69. The molecule has 3 N–H and O–H groups in total. The monoisotopic (exact) mass is 312 g/mol. The van der Waals surface area contributed by atoms with Crippen LogP contribution < -0.4 is 10.6 Å². The number of amides is 2. The third kappa shape index (κ3) is 4.32. The van der Waals surface area contributed by atoms with Gasteiger partial charge < -0.3 is 15.7 Å². The third-order valence-corrected chi connectivity index (χ3v) is 3.22. The molecule has 120 valence electrons. The average Bonchev–Trinajstić information content (AvgIpc) is 2.49. The molecule has 0 saturated carbocycles. The Hall–Kier alpha value is -2.82. The van der Waals surface area contributed by atoms with Crippen molar-refractivity contribution in [3.05, 3.63) is 54.1 Å². The first-order valence-corrected chi connectivity index (χ1v) is 7.28. The molecule has 5 heteroatoms. The van der Waals surface area contributed by atoms with E-state index in [1.54, 1.807) is 42.5 Å². The van der Waals surface area contributed by atoms with E-state index in [-0.39, 0.29) is 17.6 Å². The molecule has 0 radical (unpaired) electrons. The van der Waals surface area contributed by atoms with Crippen molar-refractivity contribution in [2.24, 2.45) is 5.41 Å². The zero-order valence-electron chi connectivity index (χ0n) is 13.4. The van der Waals surface area contributed by atoms with Gasteiger partial charge in [-0.2, -0.15) is 0 Å². The Morgan fingerprint density at radius 1 is 0.957 bits per heavy atom. The summed E-state index contributed by atoms with van der Waals surface area (Å²) in [5.41, 5.74) is 0.755. The smallest absolute Gasteiger partial charge is 0.255 e. The van der Waals surface area contributed by atoms with Gasteiger partial charge in [0.2, 0.25) is 5.91 Å². The lowest BCUT2D eigenvalue weighted by Crippen LogP contribution is -2.27. The van der Waals surface area contributed by atoms with Gasteiger partial charge in [-0.25, -0.2) is 0 Å². The molecule has 0 spiro atoms. The quantitative estimate of drug-likeness (QED) is 0.757. The highest BCUT2D eigenvalue weighted by molar-refractivity contribution is 6.06. The number of hydrogen-bond donors (Lipinski definition) is 3. The van der Waals surface area contributed by atoms with Crippen molar-refractivity contribution in [1.82, 2.24) is 0 Å². The van der Waals surface area contributed by atoms with E-state index in [9.17, 15) is 14.7 Å². The predicted octanol–water partition coefficient (Wildman–Crippen LogP) is 3.63. The molecule has 0 bridgehead atoms.